The summed E-state index contributed by atoms with van der Waals surface area (Å²) in [5.41, 5.74) is 4.94. The number of anilines is 1. The second-order valence-electron chi connectivity index (χ2n) is 3.76. The number of amides is 1. The van der Waals surface area contributed by atoms with Crippen LogP contribution in [0.4, 0.5) is 5.82 Å². The van der Waals surface area contributed by atoms with Crippen LogP contribution in [-0.2, 0) is 9.53 Å². The first-order chi connectivity index (χ1) is 7.60. The molecule has 1 amide bonds. The first kappa shape index (κ1) is 11.3. The summed E-state index contributed by atoms with van der Waals surface area (Å²) in [7, 11) is 0. The predicted octanol–water partition coefficient (Wildman–Crippen LogP) is 0.791. The maximum absolute atomic E-state index is 11.8. The Labute approximate surface area is 97.9 Å². The molecule has 86 valence electrons. The minimum atomic E-state index is -0.954. The topological polar surface area (TPSA) is 77.2 Å². The normalized spacial score (nSPS) is 24.4. The summed E-state index contributed by atoms with van der Waals surface area (Å²) in [5.74, 6) is 0.106. The lowest BCUT2D eigenvalue weighted by Gasteiger charge is -2.20. The summed E-state index contributed by atoms with van der Waals surface area (Å²) in [4.78, 5) is 15.8. The fourth-order valence-electron chi connectivity index (χ4n) is 1.48. The third kappa shape index (κ3) is 2.32. The van der Waals surface area contributed by atoms with Crippen LogP contribution in [0.15, 0.2) is 18.2 Å². The molecule has 0 spiro atoms. The fourth-order valence-corrected chi connectivity index (χ4v) is 1.64. The van der Waals surface area contributed by atoms with Gasteiger partial charge in [0.2, 0.25) is 5.91 Å². The minimum Gasteiger partial charge on any atom is -0.379 e. The zero-order chi connectivity index (χ0) is 11.6. The molecule has 1 atom stereocenters. The number of aromatic nitrogens is 1. The van der Waals surface area contributed by atoms with Gasteiger partial charge in [-0.1, -0.05) is 17.7 Å². The molecule has 0 aromatic carbocycles. The molecule has 2 heterocycles. The summed E-state index contributed by atoms with van der Waals surface area (Å²) < 4.78 is 5.11. The number of hydrogen-bond donors (Lipinski definition) is 2. The van der Waals surface area contributed by atoms with Gasteiger partial charge in [-0.15, -0.1) is 0 Å². The molecule has 6 heteroatoms. The van der Waals surface area contributed by atoms with E-state index in [4.69, 9.17) is 22.1 Å². The van der Waals surface area contributed by atoms with Crippen LogP contribution in [0.2, 0.25) is 5.15 Å². The van der Waals surface area contributed by atoms with Crippen LogP contribution in [0, 0.1) is 0 Å². The second kappa shape index (κ2) is 4.37. The number of nitrogens with two attached hydrogens (primary N) is 1. The number of carbonyl (C=O) groups is 1. The molecule has 5 nitrogen and oxygen atoms in total. The first-order valence-corrected chi connectivity index (χ1v) is 5.29. The predicted molar refractivity (Wildman–Crippen MR) is 60.2 cm³/mol. The molecule has 1 unspecified atom stereocenters. The molecule has 1 aliphatic heterocycles. The van der Waals surface area contributed by atoms with E-state index in [0.717, 1.165) is 0 Å². The zero-order valence-electron chi connectivity index (χ0n) is 8.57. The average Bonchev–Trinajstić information content (AvgIpc) is 2.66. The summed E-state index contributed by atoms with van der Waals surface area (Å²) in [6.45, 7) is 0.742. The van der Waals surface area contributed by atoms with Crippen molar-refractivity contribution in [2.75, 3.05) is 18.5 Å². The second-order valence-corrected chi connectivity index (χ2v) is 4.15. The molecule has 0 bridgehead atoms. The van der Waals surface area contributed by atoms with Gasteiger partial charge < -0.3 is 15.8 Å². The number of rotatable bonds is 2. The Bertz CT molecular complexity index is 405. The lowest BCUT2D eigenvalue weighted by Crippen LogP contribution is -2.51. The monoisotopic (exact) mass is 241 g/mol. The van der Waals surface area contributed by atoms with Gasteiger partial charge in [0.1, 0.15) is 16.5 Å². The summed E-state index contributed by atoms with van der Waals surface area (Å²) in [6.07, 6.45) is 0.513. The van der Waals surface area contributed by atoms with Crippen LogP contribution >= 0.6 is 11.6 Å². The van der Waals surface area contributed by atoms with Gasteiger partial charge in [-0.25, -0.2) is 4.98 Å². The standard InChI is InChI=1S/C10H12ClN3O2/c11-7-2-1-3-8(13-7)14-9(15)10(12)4-5-16-6-10/h1-3H,4-6,12H2,(H,13,14,15). The molecule has 1 fully saturated rings. The Balaban J connectivity index is 2.07. The number of nitrogens with one attached hydrogen (secondary N) is 1. The van der Waals surface area contributed by atoms with E-state index in [1.165, 1.54) is 0 Å². The largest absolute Gasteiger partial charge is 0.379 e. The Morgan fingerprint density at radius 1 is 1.62 bits per heavy atom. The van der Waals surface area contributed by atoms with E-state index in [-0.39, 0.29) is 12.5 Å². The molecule has 16 heavy (non-hydrogen) atoms. The van der Waals surface area contributed by atoms with Crippen molar-refractivity contribution < 1.29 is 9.53 Å². The van der Waals surface area contributed by atoms with Crippen molar-refractivity contribution in [2.45, 2.75) is 12.0 Å². The van der Waals surface area contributed by atoms with Crippen molar-refractivity contribution >= 4 is 23.3 Å². The maximum Gasteiger partial charge on any atom is 0.248 e. The van der Waals surface area contributed by atoms with Crippen molar-refractivity contribution in [2.24, 2.45) is 5.73 Å². The van der Waals surface area contributed by atoms with Gasteiger partial charge in [-0.05, 0) is 18.6 Å². The van der Waals surface area contributed by atoms with E-state index in [1.807, 2.05) is 0 Å². The van der Waals surface area contributed by atoms with Gasteiger partial charge in [-0.3, -0.25) is 4.79 Å². The van der Waals surface area contributed by atoms with E-state index in [2.05, 4.69) is 10.3 Å². The van der Waals surface area contributed by atoms with E-state index in [1.54, 1.807) is 18.2 Å². The molecule has 0 saturated carbocycles. The van der Waals surface area contributed by atoms with Crippen molar-refractivity contribution in [1.29, 1.82) is 0 Å². The van der Waals surface area contributed by atoms with Crippen molar-refractivity contribution in [3.8, 4) is 0 Å². The molecule has 1 aromatic rings. The first-order valence-electron chi connectivity index (χ1n) is 4.91. The fraction of sp³-hybridized carbons (Fsp3) is 0.400. The lowest BCUT2D eigenvalue weighted by atomic mass is 9.99. The van der Waals surface area contributed by atoms with Crippen LogP contribution in [0.1, 0.15) is 6.42 Å². The Morgan fingerprint density at radius 3 is 3.06 bits per heavy atom. The maximum atomic E-state index is 11.8. The van der Waals surface area contributed by atoms with E-state index in [0.29, 0.717) is 24.0 Å². The third-order valence-electron chi connectivity index (χ3n) is 2.46. The quantitative estimate of drug-likeness (QED) is 0.751. The van der Waals surface area contributed by atoms with Gasteiger partial charge >= 0.3 is 0 Å². The number of halogens is 1. The molecule has 0 aliphatic carbocycles. The average molecular weight is 242 g/mol. The van der Waals surface area contributed by atoms with Crippen LogP contribution in [0.3, 0.4) is 0 Å². The van der Waals surface area contributed by atoms with E-state index >= 15 is 0 Å². The van der Waals surface area contributed by atoms with Crippen LogP contribution in [0.5, 0.6) is 0 Å². The smallest absolute Gasteiger partial charge is 0.248 e. The van der Waals surface area contributed by atoms with Gasteiger partial charge in [0.15, 0.2) is 0 Å². The molecule has 1 aromatic heterocycles. The minimum absolute atomic E-state index is 0.236. The van der Waals surface area contributed by atoms with E-state index in [9.17, 15) is 4.79 Å². The number of hydrogen-bond acceptors (Lipinski definition) is 4. The molecular formula is C10H12ClN3O2. The number of carbonyl (C=O) groups excluding carboxylic acids is 1. The van der Waals surface area contributed by atoms with Gasteiger partial charge in [0.25, 0.3) is 0 Å². The third-order valence-corrected chi connectivity index (χ3v) is 2.67. The number of ether oxygens (including phenoxy) is 1. The molecule has 0 radical (unpaired) electrons. The van der Waals surface area contributed by atoms with Gasteiger partial charge in [0.05, 0.1) is 6.61 Å². The Morgan fingerprint density at radius 2 is 2.44 bits per heavy atom. The zero-order valence-corrected chi connectivity index (χ0v) is 9.33. The Kier molecular flexibility index (Phi) is 3.09. The molecular weight excluding hydrogens is 230 g/mol. The highest BCUT2D eigenvalue weighted by molar-refractivity contribution is 6.29. The van der Waals surface area contributed by atoms with Gasteiger partial charge in [0, 0.05) is 6.61 Å². The number of pyridine rings is 1. The van der Waals surface area contributed by atoms with Gasteiger partial charge in [-0.2, -0.15) is 0 Å². The van der Waals surface area contributed by atoms with Crippen LogP contribution in [-0.4, -0.2) is 29.6 Å². The Hall–Kier alpha value is -1.17. The SMILES string of the molecule is NC1(C(=O)Nc2cccc(Cl)n2)CCOC1. The molecule has 1 saturated heterocycles. The van der Waals surface area contributed by atoms with Crippen LogP contribution < -0.4 is 11.1 Å². The highest BCUT2D eigenvalue weighted by Gasteiger charge is 2.38. The highest BCUT2D eigenvalue weighted by Crippen LogP contribution is 2.18. The lowest BCUT2D eigenvalue weighted by molar-refractivity contribution is -0.121. The summed E-state index contributed by atoms with van der Waals surface area (Å²) >= 11 is 5.70. The molecule has 1 aliphatic rings. The highest BCUT2D eigenvalue weighted by atomic mass is 35.5. The summed E-state index contributed by atoms with van der Waals surface area (Å²) in [6, 6.07) is 5.00. The molecule has 3 N–H and O–H groups in total. The van der Waals surface area contributed by atoms with E-state index < -0.39 is 5.54 Å². The number of nitrogens with zero attached hydrogens (tertiary/aromatic N) is 1. The van der Waals surface area contributed by atoms with Crippen molar-refractivity contribution in [1.82, 2.24) is 4.98 Å². The molecule has 2 rings (SSSR count). The van der Waals surface area contributed by atoms with Crippen molar-refractivity contribution in [3.05, 3.63) is 23.4 Å². The van der Waals surface area contributed by atoms with Crippen LogP contribution in [0.25, 0.3) is 0 Å². The summed E-state index contributed by atoms with van der Waals surface area (Å²) in [5, 5.41) is 2.95. The van der Waals surface area contributed by atoms with Crippen molar-refractivity contribution in [3.63, 3.8) is 0 Å².